The first-order valence-electron chi connectivity index (χ1n) is 11.9. The minimum Gasteiger partial charge on any atom is -0.481 e. The number of fused-ring (bicyclic) bond motifs is 2. The second-order valence-corrected chi connectivity index (χ2v) is 10.9. The van der Waals surface area contributed by atoms with Crippen LogP contribution in [0.3, 0.4) is 0 Å². The van der Waals surface area contributed by atoms with Gasteiger partial charge < -0.3 is 9.67 Å². The predicted molar refractivity (Wildman–Crippen MR) is 133 cm³/mol. The van der Waals surface area contributed by atoms with Gasteiger partial charge in [-0.1, -0.05) is 13.8 Å². The van der Waals surface area contributed by atoms with Crippen molar-refractivity contribution in [3.05, 3.63) is 59.2 Å². The molecule has 0 radical (unpaired) electrons. The number of benzene rings is 2. The molecule has 1 fully saturated rings. The summed E-state index contributed by atoms with van der Waals surface area (Å²) in [6.45, 7) is 7.68. The number of carboxylic acid groups (broad SMARTS) is 1. The Balaban J connectivity index is 1.89. The fraction of sp³-hybridized carbons (Fsp3) is 0.393. The Morgan fingerprint density at radius 3 is 2.80 bits per heavy atom. The van der Waals surface area contributed by atoms with E-state index in [2.05, 4.69) is 46.8 Å². The number of rotatable bonds is 5. The van der Waals surface area contributed by atoms with Gasteiger partial charge in [-0.15, -0.1) is 0 Å². The van der Waals surface area contributed by atoms with Crippen LogP contribution in [0.25, 0.3) is 27.5 Å². The van der Waals surface area contributed by atoms with Crippen LogP contribution >= 0.6 is 0 Å². The molecular weight excluding hydrogens is 443 g/mol. The van der Waals surface area contributed by atoms with E-state index in [-0.39, 0.29) is 11.7 Å². The van der Waals surface area contributed by atoms with Crippen LogP contribution in [0, 0.1) is 29.5 Å². The van der Waals surface area contributed by atoms with E-state index in [0.29, 0.717) is 24.8 Å². The van der Waals surface area contributed by atoms with E-state index in [1.165, 1.54) is 6.07 Å². The van der Waals surface area contributed by atoms with Crippen LogP contribution in [-0.2, 0) is 10.2 Å². The normalized spacial score (nSPS) is 20.5. The van der Waals surface area contributed by atoms with Gasteiger partial charge in [-0.3, -0.25) is 9.89 Å². The first-order chi connectivity index (χ1) is 16.6. The summed E-state index contributed by atoms with van der Waals surface area (Å²) < 4.78 is 16.4. The SMILES string of the molecule is Cc1cc(-n2c(C(C)(C)CC#N)c([C@@H]3CC[C@@](C)(C(=O)O)C3)c3cc4[nH]ncc4cc32)ccc1F. The predicted octanol–water partition coefficient (Wildman–Crippen LogP) is 6.50. The molecule has 35 heavy (non-hydrogen) atoms. The molecule has 0 amide bonds. The smallest absolute Gasteiger partial charge is 0.309 e. The average Bonchev–Trinajstić information content (AvgIpc) is 3.50. The molecule has 2 atom stereocenters. The number of H-pyrrole nitrogens is 1. The lowest BCUT2D eigenvalue weighted by molar-refractivity contribution is -0.147. The summed E-state index contributed by atoms with van der Waals surface area (Å²) in [6, 6.07) is 11.6. The summed E-state index contributed by atoms with van der Waals surface area (Å²) in [6.07, 6.45) is 3.94. The lowest BCUT2D eigenvalue weighted by Crippen LogP contribution is -2.25. The van der Waals surface area contributed by atoms with E-state index in [0.717, 1.165) is 45.2 Å². The molecule has 1 aliphatic carbocycles. The molecule has 2 heterocycles. The molecular formula is C28H29FN4O2. The highest BCUT2D eigenvalue weighted by atomic mass is 19.1. The van der Waals surface area contributed by atoms with Crippen molar-refractivity contribution in [1.29, 1.82) is 5.26 Å². The number of nitrogens with one attached hydrogen (secondary N) is 1. The number of aliphatic carboxylic acids is 1. The molecule has 7 heteroatoms. The van der Waals surface area contributed by atoms with Crippen LogP contribution in [0.15, 0.2) is 36.5 Å². The molecule has 2 aromatic heterocycles. The average molecular weight is 473 g/mol. The van der Waals surface area contributed by atoms with Crippen LogP contribution < -0.4 is 0 Å². The third-order valence-electron chi connectivity index (χ3n) is 7.79. The zero-order valence-electron chi connectivity index (χ0n) is 20.4. The van der Waals surface area contributed by atoms with Gasteiger partial charge in [-0.2, -0.15) is 10.4 Å². The number of aromatic nitrogens is 3. The van der Waals surface area contributed by atoms with Crippen molar-refractivity contribution in [2.24, 2.45) is 5.41 Å². The molecule has 6 nitrogen and oxygen atoms in total. The molecule has 1 aliphatic rings. The zero-order valence-corrected chi connectivity index (χ0v) is 20.4. The number of aryl methyl sites for hydroxylation is 1. The number of aromatic amines is 1. The summed E-state index contributed by atoms with van der Waals surface area (Å²) in [5.74, 6) is -1.02. The molecule has 2 aromatic carbocycles. The number of nitrogens with zero attached hydrogens (tertiary/aromatic N) is 3. The highest BCUT2D eigenvalue weighted by Crippen LogP contribution is 2.52. The van der Waals surface area contributed by atoms with Gasteiger partial charge in [-0.05, 0) is 80.5 Å². The molecule has 0 aliphatic heterocycles. The molecule has 0 spiro atoms. The Morgan fingerprint density at radius 2 is 2.14 bits per heavy atom. The first-order valence-corrected chi connectivity index (χ1v) is 11.9. The van der Waals surface area contributed by atoms with Crippen LogP contribution in [-0.4, -0.2) is 25.8 Å². The molecule has 5 rings (SSSR count). The summed E-state index contributed by atoms with van der Waals surface area (Å²) in [5.41, 5.74) is 3.96. The number of nitriles is 1. The molecule has 180 valence electrons. The summed E-state index contributed by atoms with van der Waals surface area (Å²) in [7, 11) is 0. The maximum absolute atomic E-state index is 14.2. The Labute approximate surface area is 203 Å². The number of halogens is 1. The minimum atomic E-state index is -0.791. The number of carbonyl (C=O) groups is 1. The summed E-state index contributed by atoms with van der Waals surface area (Å²) >= 11 is 0. The topological polar surface area (TPSA) is 94.7 Å². The Kier molecular flexibility index (Phi) is 5.24. The number of carboxylic acids is 1. The fourth-order valence-corrected chi connectivity index (χ4v) is 5.83. The second kappa shape index (κ2) is 7.94. The quantitative estimate of drug-likeness (QED) is 0.346. The van der Waals surface area contributed by atoms with Crippen molar-refractivity contribution in [2.75, 3.05) is 0 Å². The lowest BCUT2D eigenvalue weighted by atomic mass is 9.78. The van der Waals surface area contributed by atoms with Crippen molar-refractivity contribution in [1.82, 2.24) is 14.8 Å². The zero-order chi connectivity index (χ0) is 25.1. The Morgan fingerprint density at radius 1 is 1.37 bits per heavy atom. The van der Waals surface area contributed by atoms with Gasteiger partial charge in [0.05, 0.1) is 28.7 Å². The van der Waals surface area contributed by atoms with Crippen molar-refractivity contribution < 1.29 is 14.3 Å². The number of hydrogen-bond donors (Lipinski definition) is 2. The van der Waals surface area contributed by atoms with E-state index in [4.69, 9.17) is 0 Å². The fourth-order valence-electron chi connectivity index (χ4n) is 5.83. The molecule has 4 aromatic rings. The third kappa shape index (κ3) is 3.59. The lowest BCUT2D eigenvalue weighted by Gasteiger charge is -2.28. The van der Waals surface area contributed by atoms with E-state index in [1.54, 1.807) is 19.2 Å². The largest absolute Gasteiger partial charge is 0.481 e. The highest BCUT2D eigenvalue weighted by molar-refractivity contribution is 5.99. The van der Waals surface area contributed by atoms with E-state index in [1.807, 2.05) is 13.0 Å². The number of hydrogen-bond acceptors (Lipinski definition) is 3. The molecule has 2 N–H and O–H groups in total. The van der Waals surface area contributed by atoms with Gasteiger partial charge in [0, 0.05) is 34.0 Å². The van der Waals surface area contributed by atoms with Crippen molar-refractivity contribution in [3.63, 3.8) is 0 Å². The van der Waals surface area contributed by atoms with Gasteiger partial charge in [0.2, 0.25) is 0 Å². The second-order valence-electron chi connectivity index (χ2n) is 10.9. The van der Waals surface area contributed by atoms with Crippen molar-refractivity contribution >= 4 is 27.8 Å². The van der Waals surface area contributed by atoms with Crippen LogP contribution in [0.1, 0.15) is 69.2 Å². The van der Waals surface area contributed by atoms with Crippen molar-refractivity contribution in [2.45, 2.75) is 64.7 Å². The standard InChI is InChI=1S/C28H29FN4O2/c1-16-11-19(5-6-21(16)29)33-23-12-18-15-31-32-22(18)13-20(23)24(25(33)27(2,3)9-10-30)17-7-8-28(4,14-17)26(34)35/h5-6,11-13,15,17H,7-9,14H2,1-4H3,(H,31,32)(H,34,35)/t17-,28-/m1/s1. The maximum Gasteiger partial charge on any atom is 0.309 e. The summed E-state index contributed by atoms with van der Waals surface area (Å²) in [4.78, 5) is 12.1. The monoisotopic (exact) mass is 472 g/mol. The van der Waals surface area contributed by atoms with E-state index >= 15 is 0 Å². The molecule has 0 saturated heterocycles. The van der Waals surface area contributed by atoms with Gasteiger partial charge >= 0.3 is 5.97 Å². The van der Waals surface area contributed by atoms with Crippen LogP contribution in [0.4, 0.5) is 4.39 Å². The Bertz CT molecular complexity index is 1520. The van der Waals surface area contributed by atoms with E-state index in [9.17, 15) is 19.6 Å². The molecule has 0 unspecified atom stereocenters. The van der Waals surface area contributed by atoms with Gasteiger partial charge in [-0.25, -0.2) is 4.39 Å². The minimum absolute atomic E-state index is 0.0229. The van der Waals surface area contributed by atoms with Gasteiger partial charge in [0.25, 0.3) is 0 Å². The van der Waals surface area contributed by atoms with Gasteiger partial charge in [0.1, 0.15) is 5.82 Å². The molecule has 0 bridgehead atoms. The maximum atomic E-state index is 14.2. The first kappa shape index (κ1) is 23.1. The van der Waals surface area contributed by atoms with Crippen LogP contribution in [0.5, 0.6) is 0 Å². The van der Waals surface area contributed by atoms with Crippen molar-refractivity contribution in [3.8, 4) is 11.8 Å². The Hall–Kier alpha value is -3.66. The van der Waals surface area contributed by atoms with E-state index < -0.39 is 16.8 Å². The highest BCUT2D eigenvalue weighted by Gasteiger charge is 2.45. The molecule has 1 saturated carbocycles. The van der Waals surface area contributed by atoms with Gasteiger partial charge in [0.15, 0.2) is 0 Å². The van der Waals surface area contributed by atoms with Crippen LogP contribution in [0.2, 0.25) is 0 Å². The third-order valence-corrected chi connectivity index (χ3v) is 7.79. The summed E-state index contributed by atoms with van der Waals surface area (Å²) in [5, 5.41) is 28.9.